The van der Waals surface area contributed by atoms with Crippen molar-refractivity contribution in [3.63, 3.8) is 0 Å². The topological polar surface area (TPSA) is 56.7 Å². The normalized spacial score (nSPS) is 10.5. The fourth-order valence-electron chi connectivity index (χ4n) is 1.33. The predicted molar refractivity (Wildman–Crippen MR) is 61.2 cm³/mol. The van der Waals surface area contributed by atoms with Crippen LogP contribution >= 0.6 is 15.9 Å². The molecule has 0 amide bonds. The highest BCUT2D eigenvalue weighted by Gasteiger charge is 1.99. The predicted octanol–water partition coefficient (Wildman–Crippen LogP) is 1.55. The summed E-state index contributed by atoms with van der Waals surface area (Å²) in [6.45, 7) is 1.14. The van der Waals surface area contributed by atoms with Crippen molar-refractivity contribution in [3.05, 3.63) is 46.2 Å². The Morgan fingerprint density at radius 1 is 1.40 bits per heavy atom. The Balaban J connectivity index is 2.14. The van der Waals surface area contributed by atoms with E-state index in [9.17, 15) is 0 Å². The molecule has 1 aromatic carbocycles. The molecule has 0 saturated carbocycles. The van der Waals surface area contributed by atoms with E-state index in [4.69, 9.17) is 5.73 Å². The number of nitrogens with two attached hydrogens (primary N) is 1. The third-order valence-corrected chi connectivity index (χ3v) is 2.52. The van der Waals surface area contributed by atoms with E-state index in [1.807, 2.05) is 18.3 Å². The van der Waals surface area contributed by atoms with Gasteiger partial charge in [-0.1, -0.05) is 33.3 Å². The minimum atomic E-state index is 0.429. The van der Waals surface area contributed by atoms with Gasteiger partial charge in [0, 0.05) is 11.0 Å². The first-order valence-corrected chi connectivity index (χ1v) is 5.41. The zero-order valence-electron chi connectivity index (χ0n) is 8.10. The molecule has 0 radical (unpaired) electrons. The fourth-order valence-corrected chi connectivity index (χ4v) is 1.78. The van der Waals surface area contributed by atoms with Crippen LogP contribution in [-0.4, -0.2) is 15.0 Å². The Morgan fingerprint density at radius 3 is 2.93 bits per heavy atom. The van der Waals surface area contributed by atoms with Crippen molar-refractivity contribution in [1.82, 2.24) is 15.0 Å². The Morgan fingerprint density at radius 2 is 2.27 bits per heavy atom. The lowest BCUT2D eigenvalue weighted by Gasteiger charge is -2.00. The first-order chi connectivity index (χ1) is 7.28. The summed E-state index contributed by atoms with van der Waals surface area (Å²) >= 11 is 3.43. The molecule has 78 valence electrons. The number of aromatic nitrogens is 3. The van der Waals surface area contributed by atoms with Crippen molar-refractivity contribution in [3.8, 4) is 0 Å². The number of hydrogen-bond acceptors (Lipinski definition) is 3. The van der Waals surface area contributed by atoms with E-state index >= 15 is 0 Å². The third-order valence-electron chi connectivity index (χ3n) is 2.03. The van der Waals surface area contributed by atoms with Gasteiger partial charge in [-0.05, 0) is 17.7 Å². The largest absolute Gasteiger partial charge is 0.325 e. The zero-order valence-corrected chi connectivity index (χ0v) is 9.68. The second-order valence-electron chi connectivity index (χ2n) is 3.24. The van der Waals surface area contributed by atoms with E-state index in [0.717, 1.165) is 10.2 Å². The van der Waals surface area contributed by atoms with Crippen molar-refractivity contribution in [2.45, 2.75) is 13.1 Å². The molecule has 2 N–H and O–H groups in total. The summed E-state index contributed by atoms with van der Waals surface area (Å²) in [6.07, 6.45) is 1.86. The first kappa shape index (κ1) is 10.3. The zero-order chi connectivity index (χ0) is 10.7. The molecule has 0 aliphatic carbocycles. The number of hydrogen-bond donors (Lipinski definition) is 1. The van der Waals surface area contributed by atoms with Crippen LogP contribution in [0, 0.1) is 0 Å². The Bertz CT molecular complexity index is 452. The van der Waals surface area contributed by atoms with Crippen molar-refractivity contribution in [2.24, 2.45) is 5.73 Å². The fraction of sp³-hybridized carbons (Fsp3) is 0.200. The lowest BCUT2D eigenvalue weighted by molar-refractivity contribution is 0.649. The van der Waals surface area contributed by atoms with Crippen molar-refractivity contribution in [2.75, 3.05) is 0 Å². The maximum atomic E-state index is 5.46. The maximum Gasteiger partial charge on any atom is 0.0962 e. The van der Waals surface area contributed by atoms with Gasteiger partial charge in [0.15, 0.2) is 0 Å². The molecule has 0 saturated heterocycles. The van der Waals surface area contributed by atoms with Gasteiger partial charge in [-0.3, -0.25) is 0 Å². The van der Waals surface area contributed by atoms with E-state index in [1.165, 1.54) is 5.56 Å². The van der Waals surface area contributed by atoms with Crippen LogP contribution in [0.5, 0.6) is 0 Å². The number of benzene rings is 1. The number of nitrogens with zero attached hydrogens (tertiary/aromatic N) is 3. The maximum absolute atomic E-state index is 5.46. The lowest BCUT2D eigenvalue weighted by atomic mass is 10.2. The second-order valence-corrected chi connectivity index (χ2v) is 4.16. The third kappa shape index (κ3) is 2.64. The van der Waals surface area contributed by atoms with Gasteiger partial charge >= 0.3 is 0 Å². The average Bonchev–Trinajstić information content (AvgIpc) is 2.65. The molecule has 1 heterocycles. The molecule has 15 heavy (non-hydrogen) atoms. The van der Waals surface area contributed by atoms with E-state index < -0.39 is 0 Å². The molecular weight excluding hydrogens is 256 g/mol. The van der Waals surface area contributed by atoms with Gasteiger partial charge in [0.05, 0.1) is 18.4 Å². The van der Waals surface area contributed by atoms with Gasteiger partial charge in [0.1, 0.15) is 0 Å². The van der Waals surface area contributed by atoms with Crippen molar-refractivity contribution in [1.29, 1.82) is 0 Å². The molecule has 0 spiro atoms. The molecule has 4 nitrogen and oxygen atoms in total. The van der Waals surface area contributed by atoms with Crippen molar-refractivity contribution < 1.29 is 0 Å². The average molecular weight is 267 g/mol. The van der Waals surface area contributed by atoms with Crippen LogP contribution in [-0.2, 0) is 13.1 Å². The molecule has 0 aliphatic rings. The highest BCUT2D eigenvalue weighted by Crippen LogP contribution is 2.12. The standard InChI is InChI=1S/C10H11BrN4/c11-9-3-1-2-8(4-9)6-15-7-10(5-12)13-14-15/h1-4,7H,5-6,12H2. The van der Waals surface area contributed by atoms with Crippen LogP contribution in [0.4, 0.5) is 0 Å². The van der Waals surface area contributed by atoms with Crippen LogP contribution in [0.1, 0.15) is 11.3 Å². The highest BCUT2D eigenvalue weighted by atomic mass is 79.9. The Hall–Kier alpha value is -1.20. The van der Waals surface area contributed by atoms with Gasteiger partial charge in [-0.15, -0.1) is 5.10 Å². The smallest absolute Gasteiger partial charge is 0.0962 e. The summed E-state index contributed by atoms with van der Waals surface area (Å²) < 4.78 is 2.85. The van der Waals surface area contributed by atoms with Crippen LogP contribution in [0.15, 0.2) is 34.9 Å². The highest BCUT2D eigenvalue weighted by molar-refractivity contribution is 9.10. The van der Waals surface area contributed by atoms with Crippen LogP contribution in [0.2, 0.25) is 0 Å². The summed E-state index contributed by atoms with van der Waals surface area (Å²) in [4.78, 5) is 0. The van der Waals surface area contributed by atoms with Gasteiger partial charge < -0.3 is 5.73 Å². The molecule has 0 fully saturated rings. The number of halogens is 1. The molecule has 5 heteroatoms. The first-order valence-electron chi connectivity index (χ1n) is 4.61. The second kappa shape index (κ2) is 4.55. The van der Waals surface area contributed by atoms with Crippen molar-refractivity contribution >= 4 is 15.9 Å². The summed E-state index contributed by atoms with van der Waals surface area (Å²) in [6, 6.07) is 8.11. The van der Waals surface area contributed by atoms with Crippen LogP contribution in [0.3, 0.4) is 0 Å². The molecular formula is C10H11BrN4. The van der Waals surface area contributed by atoms with E-state index in [-0.39, 0.29) is 0 Å². The van der Waals surface area contributed by atoms with Crippen LogP contribution in [0.25, 0.3) is 0 Å². The molecule has 2 rings (SSSR count). The number of rotatable bonds is 3. The SMILES string of the molecule is NCc1cn(Cc2cccc(Br)c2)nn1. The quantitative estimate of drug-likeness (QED) is 0.917. The molecule has 0 unspecified atom stereocenters. The van der Waals surface area contributed by atoms with Gasteiger partial charge in [-0.2, -0.15) is 0 Å². The van der Waals surface area contributed by atoms with Gasteiger partial charge in [0.2, 0.25) is 0 Å². The molecule has 1 aromatic heterocycles. The molecule has 0 bridgehead atoms. The summed E-state index contributed by atoms with van der Waals surface area (Å²) in [5.74, 6) is 0. The Kier molecular flexibility index (Phi) is 3.13. The summed E-state index contributed by atoms with van der Waals surface area (Å²) in [5.41, 5.74) is 7.45. The summed E-state index contributed by atoms with van der Waals surface area (Å²) in [7, 11) is 0. The van der Waals surface area contributed by atoms with Gasteiger partial charge in [0.25, 0.3) is 0 Å². The molecule has 2 aromatic rings. The minimum Gasteiger partial charge on any atom is -0.325 e. The van der Waals surface area contributed by atoms with E-state index in [2.05, 4.69) is 38.4 Å². The van der Waals surface area contributed by atoms with E-state index in [1.54, 1.807) is 4.68 Å². The van der Waals surface area contributed by atoms with Crippen LogP contribution < -0.4 is 5.73 Å². The minimum absolute atomic E-state index is 0.429. The Labute approximate surface area is 96.2 Å². The van der Waals surface area contributed by atoms with E-state index in [0.29, 0.717) is 13.1 Å². The summed E-state index contributed by atoms with van der Waals surface area (Å²) in [5, 5.41) is 7.91. The monoisotopic (exact) mass is 266 g/mol. The molecule has 0 aliphatic heterocycles. The molecule has 0 atom stereocenters. The lowest BCUT2D eigenvalue weighted by Crippen LogP contribution is -2.00. The van der Waals surface area contributed by atoms with Gasteiger partial charge in [-0.25, -0.2) is 4.68 Å².